The molecule has 1 unspecified atom stereocenters. The van der Waals surface area contributed by atoms with E-state index in [4.69, 9.17) is 5.73 Å². The van der Waals surface area contributed by atoms with E-state index in [0.717, 1.165) is 6.20 Å². The largest absolute Gasteiger partial charge is 0.434 e. The molecule has 2 aliphatic rings. The van der Waals surface area contributed by atoms with E-state index in [1.165, 1.54) is 9.47 Å². The normalized spacial score (nSPS) is 24.6. The molecule has 126 valence electrons. The molecule has 0 radical (unpaired) electrons. The van der Waals surface area contributed by atoms with Crippen molar-refractivity contribution in [3.05, 3.63) is 17.7 Å². The molecule has 1 aromatic rings. The number of hydrogen-bond acceptors (Lipinski definition) is 3. The van der Waals surface area contributed by atoms with E-state index < -0.39 is 29.7 Å². The molecule has 0 bridgehead atoms. The Kier molecular flexibility index (Phi) is 3.81. The standard InChI is InChI=1S/C14H17F3N4O2/c15-14(16,17)10-7-20-5-1-3-8(12(20)19-10)13(23)21-6-2-4-9(21)11(18)22/h7-9H,1-6H2,(H2,18,22)/t8?,9-/m1/s1. The Bertz CT molecular complexity index is 640. The summed E-state index contributed by atoms with van der Waals surface area (Å²) in [7, 11) is 0. The van der Waals surface area contributed by atoms with Gasteiger partial charge >= 0.3 is 6.18 Å². The minimum absolute atomic E-state index is 0.128. The highest BCUT2D eigenvalue weighted by Gasteiger charge is 2.41. The molecule has 1 fully saturated rings. The van der Waals surface area contributed by atoms with E-state index >= 15 is 0 Å². The number of nitrogens with two attached hydrogens (primary N) is 1. The van der Waals surface area contributed by atoms with Gasteiger partial charge in [-0.05, 0) is 25.7 Å². The zero-order valence-electron chi connectivity index (χ0n) is 12.3. The highest BCUT2D eigenvalue weighted by Crippen LogP contribution is 2.35. The molecule has 9 heteroatoms. The van der Waals surface area contributed by atoms with Gasteiger partial charge in [0.15, 0.2) is 5.69 Å². The van der Waals surface area contributed by atoms with Gasteiger partial charge in [-0.25, -0.2) is 4.98 Å². The van der Waals surface area contributed by atoms with Crippen molar-refractivity contribution in [2.75, 3.05) is 6.54 Å². The van der Waals surface area contributed by atoms with E-state index in [0.29, 0.717) is 38.8 Å². The van der Waals surface area contributed by atoms with Crippen LogP contribution in [0.3, 0.4) is 0 Å². The summed E-state index contributed by atoms with van der Waals surface area (Å²) in [6.07, 6.45) is -1.42. The van der Waals surface area contributed by atoms with Gasteiger partial charge in [-0.1, -0.05) is 0 Å². The first kappa shape index (κ1) is 15.8. The van der Waals surface area contributed by atoms with Gasteiger partial charge in [0.25, 0.3) is 0 Å². The molecule has 0 spiro atoms. The molecular formula is C14H17F3N4O2. The summed E-state index contributed by atoms with van der Waals surface area (Å²) in [5, 5.41) is 0. The van der Waals surface area contributed by atoms with Gasteiger partial charge in [-0.15, -0.1) is 0 Å². The lowest BCUT2D eigenvalue weighted by Crippen LogP contribution is -2.46. The Morgan fingerprint density at radius 3 is 2.57 bits per heavy atom. The van der Waals surface area contributed by atoms with Crippen LogP contribution in [0.15, 0.2) is 6.20 Å². The van der Waals surface area contributed by atoms with Crippen LogP contribution in [-0.2, 0) is 22.3 Å². The third-order valence-electron chi connectivity index (χ3n) is 4.46. The number of alkyl halides is 3. The minimum atomic E-state index is -4.54. The number of nitrogens with zero attached hydrogens (tertiary/aromatic N) is 3. The molecule has 0 saturated carbocycles. The Morgan fingerprint density at radius 1 is 1.22 bits per heavy atom. The fourth-order valence-corrected chi connectivity index (χ4v) is 3.38. The molecule has 23 heavy (non-hydrogen) atoms. The lowest BCUT2D eigenvalue weighted by Gasteiger charge is -2.29. The van der Waals surface area contributed by atoms with E-state index in [9.17, 15) is 22.8 Å². The van der Waals surface area contributed by atoms with Crippen molar-refractivity contribution in [2.24, 2.45) is 5.73 Å². The zero-order chi connectivity index (χ0) is 16.8. The van der Waals surface area contributed by atoms with Gasteiger partial charge < -0.3 is 15.2 Å². The van der Waals surface area contributed by atoms with Crippen LogP contribution in [0.25, 0.3) is 0 Å². The van der Waals surface area contributed by atoms with Crippen LogP contribution in [0.5, 0.6) is 0 Å². The SMILES string of the molecule is NC(=O)[C@H]1CCCN1C(=O)C1CCCn2cc(C(F)(F)F)nc21. The highest BCUT2D eigenvalue weighted by atomic mass is 19.4. The van der Waals surface area contributed by atoms with Gasteiger partial charge in [0.05, 0.1) is 5.92 Å². The molecule has 6 nitrogen and oxygen atoms in total. The quantitative estimate of drug-likeness (QED) is 0.886. The number of fused-ring (bicyclic) bond motifs is 1. The number of carbonyl (C=O) groups is 2. The molecule has 0 aliphatic carbocycles. The summed E-state index contributed by atoms with van der Waals surface area (Å²) in [6.45, 7) is 0.803. The summed E-state index contributed by atoms with van der Waals surface area (Å²) in [6, 6.07) is -0.671. The molecule has 0 aromatic carbocycles. The van der Waals surface area contributed by atoms with Crippen LogP contribution in [0.2, 0.25) is 0 Å². The van der Waals surface area contributed by atoms with Crippen molar-refractivity contribution in [2.45, 2.75) is 50.4 Å². The number of hydrogen-bond donors (Lipinski definition) is 1. The number of halogens is 3. The molecule has 1 aromatic heterocycles. The molecule has 2 amide bonds. The first-order valence-electron chi connectivity index (χ1n) is 7.53. The fraction of sp³-hybridized carbons (Fsp3) is 0.643. The number of aromatic nitrogens is 2. The van der Waals surface area contributed by atoms with Crippen molar-refractivity contribution in [1.29, 1.82) is 0 Å². The smallest absolute Gasteiger partial charge is 0.368 e. The molecular weight excluding hydrogens is 313 g/mol. The molecule has 3 heterocycles. The Morgan fingerprint density at radius 2 is 1.91 bits per heavy atom. The molecule has 1 saturated heterocycles. The number of aryl methyl sites for hydroxylation is 1. The average molecular weight is 330 g/mol. The number of amides is 2. The van der Waals surface area contributed by atoms with Crippen LogP contribution < -0.4 is 5.73 Å². The lowest BCUT2D eigenvalue weighted by atomic mass is 9.97. The third-order valence-corrected chi connectivity index (χ3v) is 4.46. The maximum atomic E-state index is 12.8. The fourth-order valence-electron chi connectivity index (χ4n) is 3.38. The minimum Gasteiger partial charge on any atom is -0.368 e. The predicted octanol–water partition coefficient (Wildman–Crippen LogP) is 1.26. The van der Waals surface area contributed by atoms with Gasteiger partial charge in [0.1, 0.15) is 11.9 Å². The molecule has 2 atom stereocenters. The van der Waals surface area contributed by atoms with Crippen molar-refractivity contribution in [1.82, 2.24) is 14.5 Å². The van der Waals surface area contributed by atoms with Crippen LogP contribution >= 0.6 is 0 Å². The van der Waals surface area contributed by atoms with E-state index in [1.807, 2.05) is 0 Å². The van der Waals surface area contributed by atoms with E-state index in [2.05, 4.69) is 4.98 Å². The number of rotatable bonds is 2. The van der Waals surface area contributed by atoms with E-state index in [-0.39, 0.29) is 11.7 Å². The monoisotopic (exact) mass is 330 g/mol. The molecule has 2 N–H and O–H groups in total. The highest BCUT2D eigenvalue weighted by molar-refractivity contribution is 5.90. The van der Waals surface area contributed by atoms with Crippen LogP contribution in [0.1, 0.15) is 43.1 Å². The Labute approximate surface area is 130 Å². The zero-order valence-corrected chi connectivity index (χ0v) is 12.3. The van der Waals surface area contributed by atoms with Crippen molar-refractivity contribution in [3.8, 4) is 0 Å². The summed E-state index contributed by atoms with van der Waals surface area (Å²) in [5.41, 5.74) is 4.32. The van der Waals surface area contributed by atoms with E-state index in [1.54, 1.807) is 0 Å². The van der Waals surface area contributed by atoms with Crippen LogP contribution in [0, 0.1) is 0 Å². The maximum absolute atomic E-state index is 12.8. The third kappa shape index (κ3) is 2.79. The van der Waals surface area contributed by atoms with Gasteiger partial charge in [-0.2, -0.15) is 13.2 Å². The number of imidazole rings is 1. The summed E-state index contributed by atoms with van der Waals surface area (Å²) in [4.78, 5) is 29.2. The van der Waals surface area contributed by atoms with Crippen molar-refractivity contribution in [3.63, 3.8) is 0 Å². The second kappa shape index (κ2) is 5.54. The van der Waals surface area contributed by atoms with Crippen LogP contribution in [-0.4, -0.2) is 38.9 Å². The second-order valence-corrected chi connectivity index (χ2v) is 5.96. The van der Waals surface area contributed by atoms with Crippen molar-refractivity contribution < 1.29 is 22.8 Å². The van der Waals surface area contributed by atoms with Gasteiger partial charge in [0.2, 0.25) is 11.8 Å². The van der Waals surface area contributed by atoms with Gasteiger partial charge in [-0.3, -0.25) is 9.59 Å². The maximum Gasteiger partial charge on any atom is 0.434 e. The summed E-state index contributed by atoms with van der Waals surface area (Å²) >= 11 is 0. The Balaban J connectivity index is 1.89. The predicted molar refractivity (Wildman–Crippen MR) is 73.1 cm³/mol. The van der Waals surface area contributed by atoms with Crippen molar-refractivity contribution >= 4 is 11.8 Å². The number of likely N-dealkylation sites (tertiary alicyclic amines) is 1. The molecule has 3 rings (SSSR count). The second-order valence-electron chi connectivity index (χ2n) is 5.96. The lowest BCUT2D eigenvalue weighted by molar-refractivity contribution is -0.141. The average Bonchev–Trinajstić information content (AvgIpc) is 3.11. The molecule has 2 aliphatic heterocycles. The number of primary amides is 1. The van der Waals surface area contributed by atoms with Crippen LogP contribution in [0.4, 0.5) is 13.2 Å². The van der Waals surface area contributed by atoms with Gasteiger partial charge in [0, 0.05) is 19.3 Å². The topological polar surface area (TPSA) is 81.2 Å². The summed E-state index contributed by atoms with van der Waals surface area (Å²) < 4.78 is 39.9. The summed E-state index contributed by atoms with van der Waals surface area (Å²) in [5.74, 6) is -1.55. The first-order valence-corrected chi connectivity index (χ1v) is 7.53. The number of carbonyl (C=O) groups excluding carboxylic acids is 2. The Hall–Kier alpha value is -2.06. The first-order chi connectivity index (χ1) is 10.8.